The molecule has 0 amide bonds. The first-order chi connectivity index (χ1) is 8.47. The monoisotopic (exact) mass is 243 g/mol. The molecule has 0 aliphatic heterocycles. The van der Waals surface area contributed by atoms with Crippen molar-refractivity contribution in [3.8, 4) is 0 Å². The molecule has 1 aromatic carbocycles. The van der Waals surface area contributed by atoms with E-state index in [1.807, 2.05) is 12.1 Å². The Balaban J connectivity index is 2.62. The average Bonchev–Trinajstić information content (AvgIpc) is 2.39. The number of rotatable bonds is 3. The highest BCUT2D eigenvalue weighted by Gasteiger charge is 2.23. The van der Waals surface area contributed by atoms with Gasteiger partial charge in [0.25, 0.3) is 0 Å². The maximum absolute atomic E-state index is 5.99. The lowest BCUT2D eigenvalue weighted by Gasteiger charge is -2.37. The summed E-state index contributed by atoms with van der Waals surface area (Å²) in [5.74, 6) is 0. The Morgan fingerprint density at radius 1 is 1.28 bits per heavy atom. The lowest BCUT2D eigenvalue weighted by atomic mass is 9.98. The zero-order valence-corrected chi connectivity index (χ0v) is 11.6. The zero-order chi connectivity index (χ0) is 13.3. The molecule has 0 saturated carbocycles. The van der Waals surface area contributed by atoms with Gasteiger partial charge in [-0.3, -0.25) is 4.98 Å². The summed E-state index contributed by atoms with van der Waals surface area (Å²) in [6.07, 6.45) is 2.86. The molecule has 3 nitrogen and oxygen atoms in total. The van der Waals surface area contributed by atoms with Crippen LogP contribution in [0.2, 0.25) is 0 Å². The van der Waals surface area contributed by atoms with Crippen LogP contribution in [0.5, 0.6) is 0 Å². The molecule has 2 aromatic rings. The number of anilines is 2. The number of nitrogen functional groups attached to an aromatic ring is 1. The summed E-state index contributed by atoms with van der Waals surface area (Å²) >= 11 is 0. The number of benzene rings is 1. The lowest BCUT2D eigenvalue weighted by Crippen LogP contribution is -2.40. The van der Waals surface area contributed by atoms with Crippen LogP contribution in [-0.2, 0) is 0 Å². The van der Waals surface area contributed by atoms with Crippen molar-refractivity contribution in [1.82, 2.24) is 4.98 Å². The molecule has 96 valence electrons. The van der Waals surface area contributed by atoms with Crippen LogP contribution in [0.1, 0.15) is 27.2 Å². The molecule has 0 fully saturated rings. The second kappa shape index (κ2) is 4.48. The van der Waals surface area contributed by atoms with Crippen LogP contribution in [0, 0.1) is 0 Å². The Hall–Kier alpha value is -1.77. The van der Waals surface area contributed by atoms with Crippen molar-refractivity contribution in [3.05, 3.63) is 30.5 Å². The molecule has 0 atom stereocenters. The smallest absolute Gasteiger partial charge is 0.0951 e. The van der Waals surface area contributed by atoms with Gasteiger partial charge in [0.05, 0.1) is 11.2 Å². The number of hydrogen-bond donors (Lipinski definition) is 1. The molecule has 2 rings (SSSR count). The van der Waals surface area contributed by atoms with E-state index in [4.69, 9.17) is 5.73 Å². The topological polar surface area (TPSA) is 42.1 Å². The average molecular weight is 243 g/mol. The molecule has 0 saturated heterocycles. The highest BCUT2D eigenvalue weighted by molar-refractivity contribution is 5.98. The fourth-order valence-corrected chi connectivity index (χ4v) is 2.04. The largest absolute Gasteiger partial charge is 0.397 e. The summed E-state index contributed by atoms with van der Waals surface area (Å²) in [4.78, 5) is 6.68. The second-order valence-corrected chi connectivity index (χ2v) is 5.30. The summed E-state index contributed by atoms with van der Waals surface area (Å²) in [6.45, 7) is 6.69. The van der Waals surface area contributed by atoms with E-state index in [2.05, 4.69) is 49.8 Å². The van der Waals surface area contributed by atoms with Crippen molar-refractivity contribution in [2.45, 2.75) is 32.7 Å². The van der Waals surface area contributed by atoms with E-state index in [0.717, 1.165) is 23.0 Å². The third-order valence-corrected chi connectivity index (χ3v) is 3.91. The molecule has 0 spiro atoms. The van der Waals surface area contributed by atoms with E-state index in [0.29, 0.717) is 0 Å². The van der Waals surface area contributed by atoms with Crippen molar-refractivity contribution in [1.29, 1.82) is 0 Å². The van der Waals surface area contributed by atoms with E-state index >= 15 is 0 Å². The van der Waals surface area contributed by atoms with Crippen molar-refractivity contribution >= 4 is 22.3 Å². The van der Waals surface area contributed by atoms with Gasteiger partial charge in [0.1, 0.15) is 0 Å². The van der Waals surface area contributed by atoms with E-state index in [1.165, 1.54) is 5.69 Å². The second-order valence-electron chi connectivity index (χ2n) is 5.30. The Morgan fingerprint density at radius 2 is 2.00 bits per heavy atom. The number of fused-ring (bicyclic) bond motifs is 1. The number of hydrogen-bond acceptors (Lipinski definition) is 3. The van der Waals surface area contributed by atoms with Crippen molar-refractivity contribution in [2.24, 2.45) is 0 Å². The molecule has 0 aliphatic carbocycles. The van der Waals surface area contributed by atoms with Crippen LogP contribution in [0.4, 0.5) is 11.4 Å². The first-order valence-corrected chi connectivity index (χ1v) is 6.34. The molecule has 3 heteroatoms. The van der Waals surface area contributed by atoms with E-state index in [1.54, 1.807) is 6.20 Å². The molecule has 18 heavy (non-hydrogen) atoms. The standard InChI is InChI=1S/C15H21N3/c1-5-15(2,3)18(4)13-9-8-12(16)14-11(13)7-6-10-17-14/h6-10H,5,16H2,1-4H3. The van der Waals surface area contributed by atoms with Gasteiger partial charge < -0.3 is 10.6 Å². The molecule has 1 heterocycles. The minimum absolute atomic E-state index is 0.110. The molecule has 2 N–H and O–H groups in total. The van der Waals surface area contributed by atoms with E-state index in [9.17, 15) is 0 Å². The Labute approximate surface area is 109 Å². The molecule has 0 aliphatic rings. The van der Waals surface area contributed by atoms with E-state index < -0.39 is 0 Å². The fourth-order valence-electron chi connectivity index (χ4n) is 2.04. The predicted octanol–water partition coefficient (Wildman–Crippen LogP) is 3.44. The Kier molecular flexibility index (Phi) is 3.16. The maximum Gasteiger partial charge on any atom is 0.0951 e. The Morgan fingerprint density at radius 3 is 2.67 bits per heavy atom. The van der Waals surface area contributed by atoms with Gasteiger partial charge in [0, 0.05) is 29.9 Å². The van der Waals surface area contributed by atoms with Gasteiger partial charge in [-0.2, -0.15) is 0 Å². The van der Waals surface area contributed by atoms with Gasteiger partial charge in [-0.1, -0.05) is 6.92 Å². The highest BCUT2D eigenvalue weighted by atomic mass is 15.2. The normalized spacial score (nSPS) is 11.8. The Bertz CT molecular complexity index is 561. The van der Waals surface area contributed by atoms with Gasteiger partial charge >= 0.3 is 0 Å². The third kappa shape index (κ3) is 2.01. The minimum atomic E-state index is 0.110. The van der Waals surface area contributed by atoms with Gasteiger partial charge in [-0.05, 0) is 44.5 Å². The minimum Gasteiger partial charge on any atom is -0.397 e. The molecule has 0 unspecified atom stereocenters. The number of nitrogens with two attached hydrogens (primary N) is 1. The van der Waals surface area contributed by atoms with E-state index in [-0.39, 0.29) is 5.54 Å². The summed E-state index contributed by atoms with van der Waals surface area (Å²) in [6, 6.07) is 8.05. The molecular formula is C15H21N3. The molecule has 1 aromatic heterocycles. The van der Waals surface area contributed by atoms with Crippen LogP contribution in [0.3, 0.4) is 0 Å². The maximum atomic E-state index is 5.99. The quantitative estimate of drug-likeness (QED) is 0.840. The molecule has 0 bridgehead atoms. The predicted molar refractivity (Wildman–Crippen MR) is 78.9 cm³/mol. The van der Waals surface area contributed by atoms with Crippen molar-refractivity contribution in [3.63, 3.8) is 0 Å². The summed E-state index contributed by atoms with van der Waals surface area (Å²) < 4.78 is 0. The van der Waals surface area contributed by atoms with Crippen molar-refractivity contribution in [2.75, 3.05) is 17.7 Å². The zero-order valence-electron chi connectivity index (χ0n) is 11.6. The fraction of sp³-hybridized carbons (Fsp3) is 0.400. The van der Waals surface area contributed by atoms with Gasteiger partial charge in [0.15, 0.2) is 0 Å². The first-order valence-electron chi connectivity index (χ1n) is 6.34. The molecule has 0 radical (unpaired) electrons. The summed E-state index contributed by atoms with van der Waals surface area (Å²) in [5, 5.41) is 1.11. The third-order valence-electron chi connectivity index (χ3n) is 3.91. The SMILES string of the molecule is CCC(C)(C)N(C)c1ccc(N)c2ncccc12. The van der Waals surface area contributed by atoms with Crippen LogP contribution in [0.15, 0.2) is 30.5 Å². The van der Waals surface area contributed by atoms with Crippen LogP contribution >= 0.6 is 0 Å². The van der Waals surface area contributed by atoms with Crippen LogP contribution in [-0.4, -0.2) is 17.6 Å². The highest BCUT2D eigenvalue weighted by Crippen LogP contribution is 2.33. The summed E-state index contributed by atoms with van der Waals surface area (Å²) in [5.41, 5.74) is 8.89. The first kappa shape index (κ1) is 12.7. The van der Waals surface area contributed by atoms with Crippen LogP contribution in [0.25, 0.3) is 10.9 Å². The lowest BCUT2D eigenvalue weighted by molar-refractivity contribution is 0.472. The molecular weight excluding hydrogens is 222 g/mol. The number of nitrogens with zero attached hydrogens (tertiary/aromatic N) is 2. The number of pyridine rings is 1. The number of aromatic nitrogens is 1. The van der Waals surface area contributed by atoms with Crippen LogP contribution < -0.4 is 10.6 Å². The van der Waals surface area contributed by atoms with Gasteiger partial charge in [0.2, 0.25) is 0 Å². The van der Waals surface area contributed by atoms with Gasteiger partial charge in [-0.25, -0.2) is 0 Å². The van der Waals surface area contributed by atoms with Gasteiger partial charge in [-0.15, -0.1) is 0 Å². The van der Waals surface area contributed by atoms with Crippen molar-refractivity contribution < 1.29 is 0 Å². The summed E-state index contributed by atoms with van der Waals surface area (Å²) in [7, 11) is 2.13.